The van der Waals surface area contributed by atoms with Gasteiger partial charge in [-0.1, -0.05) is 0 Å². The van der Waals surface area contributed by atoms with Crippen LogP contribution in [0.25, 0.3) is 0 Å². The summed E-state index contributed by atoms with van der Waals surface area (Å²) in [7, 11) is 0. The number of aliphatic hydroxyl groups excluding tert-OH is 3. The third kappa shape index (κ3) is 3.24. The summed E-state index contributed by atoms with van der Waals surface area (Å²) in [5, 5.41) is 31.8. The van der Waals surface area contributed by atoms with Crippen molar-refractivity contribution in [2.24, 2.45) is 5.73 Å². The lowest BCUT2D eigenvalue weighted by molar-refractivity contribution is 0.0373. The van der Waals surface area contributed by atoms with Gasteiger partial charge in [-0.25, -0.2) is 4.98 Å². The van der Waals surface area contributed by atoms with E-state index in [9.17, 15) is 4.79 Å². The maximum absolute atomic E-state index is 11.8. The quantitative estimate of drug-likeness (QED) is 0.435. The molecule has 7 nitrogen and oxygen atoms in total. The van der Waals surface area contributed by atoms with E-state index in [0.717, 1.165) is 0 Å². The highest BCUT2D eigenvalue weighted by atomic mass is 32.1. The van der Waals surface area contributed by atoms with E-state index in [-0.39, 0.29) is 11.7 Å². The van der Waals surface area contributed by atoms with Crippen molar-refractivity contribution >= 4 is 17.2 Å². The molecule has 1 aromatic heterocycles. The summed E-state index contributed by atoms with van der Waals surface area (Å²) in [6, 6.07) is -0.269. The van der Waals surface area contributed by atoms with Crippen molar-refractivity contribution in [3.05, 3.63) is 16.1 Å². The van der Waals surface area contributed by atoms with Crippen LogP contribution in [0, 0.1) is 0 Å². The van der Waals surface area contributed by atoms with Crippen LogP contribution >= 0.6 is 11.3 Å². The van der Waals surface area contributed by atoms with Crippen molar-refractivity contribution in [3.8, 4) is 0 Å². The normalized spacial score (nSPS) is 13.4. The number of hydrogen-bond acceptors (Lipinski definition) is 7. The van der Waals surface area contributed by atoms with Crippen molar-refractivity contribution in [3.63, 3.8) is 0 Å². The van der Waals surface area contributed by atoms with E-state index < -0.39 is 31.3 Å². The summed E-state index contributed by atoms with van der Waals surface area (Å²) >= 11 is 1.25. The Morgan fingerprint density at radius 1 is 1.50 bits per heavy atom. The molecule has 0 saturated heterocycles. The molecule has 0 saturated carbocycles. The number of aliphatic hydroxyl groups is 3. The van der Waals surface area contributed by atoms with Gasteiger partial charge in [-0.2, -0.15) is 0 Å². The molecule has 0 aromatic carbocycles. The van der Waals surface area contributed by atoms with E-state index in [0.29, 0.717) is 5.01 Å². The fourth-order valence-electron chi connectivity index (χ4n) is 1.17. The smallest absolute Gasteiger partial charge is 0.271 e. The summed E-state index contributed by atoms with van der Waals surface area (Å²) in [5.41, 5.74) is 4.33. The molecule has 1 unspecified atom stereocenters. The molecule has 0 aliphatic carbocycles. The van der Waals surface area contributed by atoms with Gasteiger partial charge in [-0.15, -0.1) is 11.3 Å². The van der Waals surface area contributed by atoms with Crippen LogP contribution in [0.15, 0.2) is 5.38 Å². The molecule has 18 heavy (non-hydrogen) atoms. The van der Waals surface area contributed by atoms with E-state index in [1.54, 1.807) is 6.92 Å². The topological polar surface area (TPSA) is 129 Å². The highest BCUT2D eigenvalue weighted by Crippen LogP contribution is 2.16. The molecule has 0 bridgehead atoms. The molecule has 1 aromatic rings. The first-order chi connectivity index (χ1) is 8.48. The molecule has 0 spiro atoms. The van der Waals surface area contributed by atoms with Gasteiger partial charge in [0.1, 0.15) is 16.2 Å². The van der Waals surface area contributed by atoms with Crippen molar-refractivity contribution in [1.29, 1.82) is 0 Å². The minimum atomic E-state index is -1.45. The van der Waals surface area contributed by atoms with Crippen molar-refractivity contribution < 1.29 is 20.1 Å². The zero-order valence-electron chi connectivity index (χ0n) is 9.96. The number of thiazole rings is 1. The minimum Gasteiger partial charge on any atom is -0.394 e. The average Bonchev–Trinajstić information content (AvgIpc) is 2.86. The minimum absolute atomic E-state index is 0.145. The van der Waals surface area contributed by atoms with Crippen LogP contribution in [0.5, 0.6) is 0 Å². The fourth-order valence-corrected chi connectivity index (χ4v) is 1.93. The first kappa shape index (κ1) is 15.0. The largest absolute Gasteiger partial charge is 0.394 e. The SMILES string of the molecule is CC(N)c1nc(C(=O)NC(CO)(CO)CO)cs1. The first-order valence-corrected chi connectivity index (χ1v) is 6.22. The predicted octanol–water partition coefficient (Wildman–Crippen LogP) is -1.39. The van der Waals surface area contributed by atoms with Gasteiger partial charge in [0.15, 0.2) is 0 Å². The van der Waals surface area contributed by atoms with Gasteiger partial charge < -0.3 is 26.4 Å². The van der Waals surface area contributed by atoms with Crippen LogP contribution in [0.4, 0.5) is 0 Å². The third-order valence-electron chi connectivity index (χ3n) is 2.43. The van der Waals surface area contributed by atoms with Crippen LogP contribution in [-0.4, -0.2) is 51.6 Å². The van der Waals surface area contributed by atoms with Gasteiger partial charge in [0.2, 0.25) is 0 Å². The molecule has 0 aliphatic heterocycles. The van der Waals surface area contributed by atoms with Gasteiger partial charge in [0, 0.05) is 5.38 Å². The number of rotatable bonds is 6. The van der Waals surface area contributed by atoms with Crippen LogP contribution in [0.2, 0.25) is 0 Å². The molecule has 0 aliphatic rings. The van der Waals surface area contributed by atoms with Crippen molar-refractivity contribution in [2.75, 3.05) is 19.8 Å². The predicted molar refractivity (Wildman–Crippen MR) is 66.2 cm³/mol. The van der Waals surface area contributed by atoms with E-state index in [1.807, 2.05) is 0 Å². The highest BCUT2D eigenvalue weighted by Gasteiger charge is 2.31. The molecular weight excluding hydrogens is 258 g/mol. The number of hydrogen-bond donors (Lipinski definition) is 5. The standard InChI is InChI=1S/C10H17N3O4S/c1-6(11)9-12-7(2-18-9)8(17)13-10(3-14,4-15)5-16/h2,6,14-16H,3-5,11H2,1H3,(H,13,17). The number of amides is 1. The number of nitrogens with zero attached hydrogens (tertiary/aromatic N) is 1. The highest BCUT2D eigenvalue weighted by molar-refractivity contribution is 7.09. The molecule has 6 N–H and O–H groups in total. The Morgan fingerprint density at radius 3 is 2.44 bits per heavy atom. The van der Waals surface area contributed by atoms with E-state index in [2.05, 4.69) is 10.3 Å². The van der Waals surface area contributed by atoms with Crippen LogP contribution in [-0.2, 0) is 0 Å². The summed E-state index contributed by atoms with van der Waals surface area (Å²) in [6.45, 7) is 0.0298. The van der Waals surface area contributed by atoms with Gasteiger partial charge in [0.05, 0.1) is 25.9 Å². The van der Waals surface area contributed by atoms with Gasteiger partial charge in [-0.3, -0.25) is 4.79 Å². The second kappa shape index (κ2) is 6.21. The summed E-state index contributed by atoms with van der Waals surface area (Å²) in [4.78, 5) is 15.9. The third-order valence-corrected chi connectivity index (χ3v) is 3.48. The Labute approximate surface area is 108 Å². The molecule has 1 atom stereocenters. The fraction of sp³-hybridized carbons (Fsp3) is 0.600. The first-order valence-electron chi connectivity index (χ1n) is 5.34. The number of nitrogens with one attached hydrogen (secondary N) is 1. The molecule has 1 amide bonds. The Hall–Kier alpha value is -1.06. The Kier molecular flexibility index (Phi) is 5.17. The Morgan fingerprint density at radius 2 is 2.06 bits per heavy atom. The maximum atomic E-state index is 11.8. The zero-order valence-corrected chi connectivity index (χ0v) is 10.8. The number of nitrogens with two attached hydrogens (primary N) is 1. The summed E-state index contributed by atoms with van der Waals surface area (Å²) in [6.07, 6.45) is 0. The van der Waals surface area contributed by atoms with Gasteiger partial charge in [0.25, 0.3) is 5.91 Å². The lowest BCUT2D eigenvalue weighted by Gasteiger charge is -2.28. The average molecular weight is 275 g/mol. The van der Waals surface area contributed by atoms with E-state index >= 15 is 0 Å². The van der Waals surface area contributed by atoms with Gasteiger partial charge >= 0.3 is 0 Å². The molecule has 102 valence electrons. The van der Waals surface area contributed by atoms with Crippen LogP contribution in [0.1, 0.15) is 28.5 Å². The molecule has 1 heterocycles. The van der Waals surface area contributed by atoms with Gasteiger partial charge in [-0.05, 0) is 6.92 Å². The number of aromatic nitrogens is 1. The summed E-state index contributed by atoms with van der Waals surface area (Å²) < 4.78 is 0. The lowest BCUT2D eigenvalue weighted by Crippen LogP contribution is -2.57. The number of carbonyl (C=O) groups excluding carboxylic acids is 1. The van der Waals surface area contributed by atoms with Crippen molar-refractivity contribution in [1.82, 2.24) is 10.3 Å². The van der Waals surface area contributed by atoms with Crippen LogP contribution < -0.4 is 11.1 Å². The van der Waals surface area contributed by atoms with Crippen molar-refractivity contribution in [2.45, 2.75) is 18.5 Å². The van der Waals surface area contributed by atoms with E-state index in [1.165, 1.54) is 16.7 Å². The maximum Gasteiger partial charge on any atom is 0.271 e. The molecule has 0 radical (unpaired) electrons. The lowest BCUT2D eigenvalue weighted by atomic mass is 10.0. The second-order valence-electron chi connectivity index (χ2n) is 4.07. The Balaban J connectivity index is 2.80. The molecular formula is C10H17N3O4S. The summed E-state index contributed by atoms with van der Waals surface area (Å²) in [5.74, 6) is -0.574. The molecule has 8 heteroatoms. The monoisotopic (exact) mass is 275 g/mol. The zero-order chi connectivity index (χ0) is 13.8. The molecule has 0 fully saturated rings. The number of carbonyl (C=O) groups is 1. The molecule has 1 rings (SSSR count). The second-order valence-corrected chi connectivity index (χ2v) is 4.96. The Bertz CT molecular complexity index is 395. The van der Waals surface area contributed by atoms with E-state index in [4.69, 9.17) is 21.1 Å². The van der Waals surface area contributed by atoms with Crippen LogP contribution in [0.3, 0.4) is 0 Å².